The van der Waals surface area contributed by atoms with Crippen molar-refractivity contribution in [2.45, 2.75) is 13.5 Å². The van der Waals surface area contributed by atoms with Gasteiger partial charge in [0, 0.05) is 0 Å². The number of ether oxygens (including phenoxy) is 2. The van der Waals surface area contributed by atoms with E-state index in [1.54, 1.807) is 13.0 Å². The topological polar surface area (TPSA) is 35.5 Å². The molecule has 20 heavy (non-hydrogen) atoms. The Labute approximate surface area is 117 Å². The summed E-state index contributed by atoms with van der Waals surface area (Å²) in [4.78, 5) is 12.0. The molecule has 0 aliphatic carbocycles. The smallest absolute Gasteiger partial charge is 0.342 e. The molecule has 0 aliphatic heterocycles. The van der Waals surface area contributed by atoms with Crippen molar-refractivity contribution in [3.63, 3.8) is 0 Å². The van der Waals surface area contributed by atoms with Gasteiger partial charge in [-0.1, -0.05) is 30.3 Å². The van der Waals surface area contributed by atoms with E-state index in [2.05, 4.69) is 0 Å². The van der Waals surface area contributed by atoms with Gasteiger partial charge in [0.25, 0.3) is 0 Å². The van der Waals surface area contributed by atoms with Gasteiger partial charge in [0.2, 0.25) is 0 Å². The van der Waals surface area contributed by atoms with E-state index in [-0.39, 0.29) is 17.9 Å². The lowest BCUT2D eigenvalue weighted by Crippen LogP contribution is -2.08. The van der Waals surface area contributed by atoms with E-state index in [0.29, 0.717) is 5.56 Å². The van der Waals surface area contributed by atoms with Crippen LogP contribution in [-0.4, -0.2) is 13.1 Å². The molecule has 0 bridgehead atoms. The van der Waals surface area contributed by atoms with E-state index < -0.39 is 11.8 Å². The normalized spacial score (nSPS) is 10.2. The second kappa shape index (κ2) is 6.19. The van der Waals surface area contributed by atoms with Gasteiger partial charge in [-0.05, 0) is 30.2 Å². The third-order valence-corrected chi connectivity index (χ3v) is 2.82. The highest BCUT2D eigenvalue weighted by Gasteiger charge is 2.18. The van der Waals surface area contributed by atoms with Gasteiger partial charge in [0.1, 0.15) is 12.2 Å². The number of aryl methyl sites for hydroxylation is 1. The molecule has 0 N–H and O–H groups in total. The van der Waals surface area contributed by atoms with Crippen molar-refractivity contribution in [1.29, 1.82) is 0 Å². The molecular weight excluding hydrogens is 259 g/mol. The van der Waals surface area contributed by atoms with Gasteiger partial charge >= 0.3 is 5.97 Å². The van der Waals surface area contributed by atoms with Gasteiger partial charge in [-0.3, -0.25) is 0 Å². The van der Waals surface area contributed by atoms with Crippen LogP contribution in [0.3, 0.4) is 0 Å². The Morgan fingerprint density at radius 3 is 2.55 bits per heavy atom. The van der Waals surface area contributed by atoms with Crippen LogP contribution in [0.5, 0.6) is 5.75 Å². The molecule has 0 spiro atoms. The maximum atomic E-state index is 13.7. The van der Waals surface area contributed by atoms with Crippen LogP contribution < -0.4 is 4.74 Å². The minimum absolute atomic E-state index is 0.0892. The number of rotatable bonds is 4. The molecule has 0 fully saturated rings. The number of esters is 1. The molecule has 2 aromatic rings. The van der Waals surface area contributed by atoms with Gasteiger partial charge < -0.3 is 9.47 Å². The third-order valence-electron chi connectivity index (χ3n) is 2.82. The van der Waals surface area contributed by atoms with Crippen LogP contribution in [0, 0.1) is 12.7 Å². The molecular formula is C16H15FO3. The Bertz CT molecular complexity index is 609. The van der Waals surface area contributed by atoms with Crippen LogP contribution in [0.1, 0.15) is 21.5 Å². The quantitative estimate of drug-likeness (QED) is 0.800. The summed E-state index contributed by atoms with van der Waals surface area (Å²) in [6.07, 6.45) is 0. The average Bonchev–Trinajstić information content (AvgIpc) is 2.45. The fourth-order valence-corrected chi connectivity index (χ4v) is 1.89. The third kappa shape index (κ3) is 3.15. The summed E-state index contributed by atoms with van der Waals surface area (Å²) in [5.41, 5.74) is 1.60. The van der Waals surface area contributed by atoms with Gasteiger partial charge in [-0.2, -0.15) is 0 Å². The first-order valence-electron chi connectivity index (χ1n) is 6.17. The number of carbonyl (C=O) groups is 1. The fourth-order valence-electron chi connectivity index (χ4n) is 1.89. The van der Waals surface area contributed by atoms with Crippen molar-refractivity contribution >= 4 is 5.97 Å². The Balaban J connectivity index is 2.17. The lowest BCUT2D eigenvalue weighted by molar-refractivity contribution is 0.0468. The summed E-state index contributed by atoms with van der Waals surface area (Å²) in [6.45, 7) is 1.84. The summed E-state index contributed by atoms with van der Waals surface area (Å²) < 4.78 is 23.8. The number of hydrogen-bond donors (Lipinski definition) is 0. The minimum atomic E-state index is -0.603. The van der Waals surface area contributed by atoms with Crippen LogP contribution >= 0.6 is 0 Å². The first-order valence-corrected chi connectivity index (χ1v) is 6.17. The Morgan fingerprint density at radius 1 is 1.20 bits per heavy atom. The highest BCUT2D eigenvalue weighted by Crippen LogP contribution is 2.25. The van der Waals surface area contributed by atoms with Crippen LogP contribution in [0.4, 0.5) is 4.39 Å². The van der Waals surface area contributed by atoms with Crippen LogP contribution in [0.15, 0.2) is 42.5 Å². The molecule has 104 valence electrons. The fraction of sp³-hybridized carbons (Fsp3) is 0.188. The van der Waals surface area contributed by atoms with Crippen LogP contribution in [-0.2, 0) is 11.3 Å². The van der Waals surface area contributed by atoms with Crippen molar-refractivity contribution in [2.75, 3.05) is 7.11 Å². The molecule has 0 heterocycles. The molecule has 0 saturated heterocycles. The molecule has 0 atom stereocenters. The minimum Gasteiger partial charge on any atom is -0.493 e. The maximum absolute atomic E-state index is 13.7. The molecule has 3 nitrogen and oxygen atoms in total. The molecule has 0 radical (unpaired) electrons. The van der Waals surface area contributed by atoms with E-state index in [1.807, 2.05) is 30.3 Å². The average molecular weight is 274 g/mol. The zero-order valence-electron chi connectivity index (χ0n) is 11.4. The monoisotopic (exact) mass is 274 g/mol. The summed E-state index contributed by atoms with van der Waals surface area (Å²) in [5, 5.41) is 0. The van der Waals surface area contributed by atoms with E-state index in [0.717, 1.165) is 5.56 Å². The molecule has 2 rings (SSSR count). The van der Waals surface area contributed by atoms with E-state index >= 15 is 0 Å². The number of halogens is 1. The molecule has 0 aromatic heterocycles. The van der Waals surface area contributed by atoms with Crippen molar-refractivity contribution in [2.24, 2.45) is 0 Å². The Morgan fingerprint density at radius 2 is 1.90 bits per heavy atom. The first kappa shape index (κ1) is 14.1. The SMILES string of the molecule is COc1c(F)cc(C)cc1C(=O)OCc1ccccc1. The van der Waals surface area contributed by atoms with Crippen molar-refractivity contribution < 1.29 is 18.7 Å². The standard InChI is InChI=1S/C16H15FO3/c1-11-8-13(15(19-2)14(17)9-11)16(18)20-10-12-6-4-3-5-7-12/h3-9H,10H2,1-2H3. The summed E-state index contributed by atoms with van der Waals surface area (Å²) in [7, 11) is 1.32. The molecule has 0 aliphatic rings. The van der Waals surface area contributed by atoms with E-state index in [9.17, 15) is 9.18 Å². The molecule has 2 aromatic carbocycles. The van der Waals surface area contributed by atoms with Gasteiger partial charge in [0.15, 0.2) is 11.6 Å². The van der Waals surface area contributed by atoms with Crippen LogP contribution in [0.2, 0.25) is 0 Å². The number of hydrogen-bond acceptors (Lipinski definition) is 3. The van der Waals surface area contributed by atoms with Crippen molar-refractivity contribution in [3.05, 3.63) is 65.0 Å². The number of benzene rings is 2. The number of carbonyl (C=O) groups excluding carboxylic acids is 1. The summed E-state index contributed by atoms with van der Waals surface area (Å²) in [6, 6.07) is 12.2. The number of methoxy groups -OCH3 is 1. The van der Waals surface area contributed by atoms with Gasteiger partial charge in [0.05, 0.1) is 7.11 Å². The lowest BCUT2D eigenvalue weighted by atomic mass is 10.1. The van der Waals surface area contributed by atoms with Gasteiger partial charge in [-0.15, -0.1) is 0 Å². The van der Waals surface area contributed by atoms with E-state index in [4.69, 9.17) is 9.47 Å². The second-order valence-electron chi connectivity index (χ2n) is 4.39. The van der Waals surface area contributed by atoms with Crippen molar-refractivity contribution in [3.8, 4) is 5.75 Å². The molecule has 0 saturated carbocycles. The van der Waals surface area contributed by atoms with Crippen molar-refractivity contribution in [1.82, 2.24) is 0 Å². The summed E-state index contributed by atoms with van der Waals surface area (Å²) in [5.74, 6) is -1.26. The molecule has 4 heteroatoms. The highest BCUT2D eigenvalue weighted by molar-refractivity contribution is 5.92. The second-order valence-corrected chi connectivity index (χ2v) is 4.39. The Hall–Kier alpha value is -2.36. The van der Waals surface area contributed by atoms with Gasteiger partial charge in [-0.25, -0.2) is 9.18 Å². The zero-order chi connectivity index (χ0) is 14.5. The first-order chi connectivity index (χ1) is 9.61. The maximum Gasteiger partial charge on any atom is 0.342 e. The zero-order valence-corrected chi connectivity index (χ0v) is 11.4. The molecule has 0 amide bonds. The highest BCUT2D eigenvalue weighted by atomic mass is 19.1. The van der Waals surface area contributed by atoms with Crippen LogP contribution in [0.25, 0.3) is 0 Å². The largest absolute Gasteiger partial charge is 0.493 e. The van der Waals surface area contributed by atoms with E-state index in [1.165, 1.54) is 13.2 Å². The lowest BCUT2D eigenvalue weighted by Gasteiger charge is -2.10. The molecule has 0 unspecified atom stereocenters. The summed E-state index contributed by atoms with van der Waals surface area (Å²) >= 11 is 0. The predicted octanol–water partition coefficient (Wildman–Crippen LogP) is 3.50. The Kier molecular flexibility index (Phi) is 4.35. The predicted molar refractivity (Wildman–Crippen MR) is 73.3 cm³/mol.